The normalized spacial score (nSPS) is 21.4. The number of nitrogens with one attached hydrogen (secondary N) is 2. The molecule has 1 heterocycles. The highest BCUT2D eigenvalue weighted by Gasteiger charge is 2.48. The third-order valence-corrected chi connectivity index (χ3v) is 7.82. The summed E-state index contributed by atoms with van der Waals surface area (Å²) in [6, 6.07) is 4.19. The van der Waals surface area contributed by atoms with Crippen molar-refractivity contribution in [2.24, 2.45) is 5.41 Å². The molecule has 1 aromatic rings. The third-order valence-electron chi connectivity index (χ3n) is 6.90. The minimum atomic E-state index is -3.36. The second kappa shape index (κ2) is 18.9. The minimum Gasteiger partial charge on any atom is -0.479 e. The number of aliphatic carboxylic acids is 1. The Labute approximate surface area is 293 Å². The molecule has 17 nitrogen and oxygen atoms in total. The van der Waals surface area contributed by atoms with Crippen molar-refractivity contribution in [1.29, 1.82) is 0 Å². The van der Waals surface area contributed by atoms with E-state index in [1.54, 1.807) is 0 Å². The molecule has 286 valence electrons. The van der Waals surface area contributed by atoms with Crippen LogP contribution in [0.25, 0.3) is 0 Å². The molecule has 1 aliphatic heterocycles. The van der Waals surface area contributed by atoms with Crippen LogP contribution in [0.3, 0.4) is 0 Å². The lowest BCUT2D eigenvalue weighted by Crippen LogP contribution is -2.61. The molecule has 0 spiro atoms. The number of nitrogens with zero attached hydrogens (tertiary/aromatic N) is 1. The van der Waals surface area contributed by atoms with E-state index in [9.17, 15) is 43.2 Å². The molecule has 0 saturated carbocycles. The van der Waals surface area contributed by atoms with Gasteiger partial charge in [-0.15, -0.1) is 0 Å². The lowest BCUT2D eigenvalue weighted by Gasteiger charge is -2.38. The van der Waals surface area contributed by atoms with E-state index in [4.69, 9.17) is 23.7 Å². The molecule has 5 atom stereocenters. The first kappa shape index (κ1) is 43.1. The molecule has 0 aliphatic carbocycles. The van der Waals surface area contributed by atoms with Crippen LogP contribution in [0.5, 0.6) is 5.75 Å². The number of carboxylic acids is 1. The van der Waals surface area contributed by atoms with Crippen molar-refractivity contribution in [3.8, 4) is 5.75 Å². The minimum absolute atomic E-state index is 0.0106. The second-order valence-electron chi connectivity index (χ2n) is 14.2. The van der Waals surface area contributed by atoms with Crippen molar-refractivity contribution in [3.63, 3.8) is 0 Å². The first-order valence-electron chi connectivity index (χ1n) is 16.1. The van der Waals surface area contributed by atoms with Gasteiger partial charge < -0.3 is 59.6 Å². The Balaban J connectivity index is 2.18. The first-order chi connectivity index (χ1) is 23.1. The lowest BCUT2D eigenvalue weighted by molar-refractivity contribution is -0.271. The SMILES string of the molecule is CC(C)(C)CN(CCS(C)(=O)=O)C(=O)OCc1ccc(O[C@@H]2O[C@H](C(=O)O)[C@@H](O)[C@H](O)[C@H]2O)c(NC(=O)COCCOCCNC(C)(C)C)c1. The number of benzene rings is 1. The van der Waals surface area contributed by atoms with Crippen LogP contribution in [-0.2, 0) is 45.0 Å². The van der Waals surface area contributed by atoms with Crippen LogP contribution in [0.4, 0.5) is 10.5 Å². The highest BCUT2D eigenvalue weighted by atomic mass is 32.2. The zero-order chi connectivity index (χ0) is 37.9. The van der Waals surface area contributed by atoms with Crippen LogP contribution < -0.4 is 15.4 Å². The van der Waals surface area contributed by atoms with Gasteiger partial charge in [-0.25, -0.2) is 18.0 Å². The molecule has 1 saturated heterocycles. The molecule has 0 radical (unpaired) electrons. The number of rotatable bonds is 18. The summed E-state index contributed by atoms with van der Waals surface area (Å²) in [5, 5.41) is 45.9. The van der Waals surface area contributed by atoms with Gasteiger partial charge in [0.15, 0.2) is 6.10 Å². The van der Waals surface area contributed by atoms with E-state index in [-0.39, 0.29) is 67.7 Å². The fourth-order valence-electron chi connectivity index (χ4n) is 4.53. The Morgan fingerprint density at radius 1 is 0.960 bits per heavy atom. The fourth-order valence-corrected chi connectivity index (χ4v) is 5.08. The van der Waals surface area contributed by atoms with E-state index in [1.165, 1.54) is 23.1 Å². The van der Waals surface area contributed by atoms with Gasteiger partial charge in [0.05, 0.1) is 31.3 Å². The average molecular weight is 736 g/mol. The molecule has 1 aromatic carbocycles. The Morgan fingerprint density at radius 3 is 2.22 bits per heavy atom. The monoisotopic (exact) mass is 735 g/mol. The van der Waals surface area contributed by atoms with Crippen molar-refractivity contribution >= 4 is 33.5 Å². The third kappa shape index (κ3) is 15.8. The van der Waals surface area contributed by atoms with Gasteiger partial charge in [0.25, 0.3) is 0 Å². The van der Waals surface area contributed by atoms with Gasteiger partial charge >= 0.3 is 12.1 Å². The van der Waals surface area contributed by atoms with Gasteiger partial charge in [-0.3, -0.25) is 4.79 Å². The molecule has 50 heavy (non-hydrogen) atoms. The van der Waals surface area contributed by atoms with E-state index in [0.717, 1.165) is 6.26 Å². The molecule has 6 N–H and O–H groups in total. The van der Waals surface area contributed by atoms with Crippen LogP contribution in [-0.4, -0.2) is 146 Å². The van der Waals surface area contributed by atoms with Gasteiger partial charge in [-0.05, 0) is 43.9 Å². The summed E-state index contributed by atoms with van der Waals surface area (Å²) in [6.07, 6.45) is -9.11. The van der Waals surface area contributed by atoms with Gasteiger partial charge in [-0.2, -0.15) is 0 Å². The zero-order valence-corrected chi connectivity index (χ0v) is 30.5. The maximum atomic E-state index is 13.0. The summed E-state index contributed by atoms with van der Waals surface area (Å²) in [6.45, 7) is 12.6. The van der Waals surface area contributed by atoms with Crippen molar-refractivity contribution < 1.29 is 66.9 Å². The van der Waals surface area contributed by atoms with E-state index in [0.29, 0.717) is 18.7 Å². The molecule has 2 amide bonds. The van der Waals surface area contributed by atoms with Gasteiger partial charge in [-0.1, -0.05) is 26.8 Å². The van der Waals surface area contributed by atoms with Crippen LogP contribution in [0.15, 0.2) is 18.2 Å². The number of aliphatic hydroxyl groups is 3. The fraction of sp³-hybridized carbons (Fsp3) is 0.719. The summed E-state index contributed by atoms with van der Waals surface area (Å²) in [7, 11) is -3.36. The smallest absolute Gasteiger partial charge is 0.410 e. The average Bonchev–Trinajstić information content (AvgIpc) is 2.98. The van der Waals surface area contributed by atoms with E-state index in [2.05, 4.69) is 10.6 Å². The lowest BCUT2D eigenvalue weighted by atomic mass is 9.96. The molecule has 0 bridgehead atoms. The van der Waals surface area contributed by atoms with Gasteiger partial charge in [0, 0.05) is 31.4 Å². The molecule has 0 unspecified atom stereocenters. The number of hydrogen-bond donors (Lipinski definition) is 6. The Morgan fingerprint density at radius 2 is 1.62 bits per heavy atom. The van der Waals surface area contributed by atoms with Crippen LogP contribution in [0, 0.1) is 5.41 Å². The quantitative estimate of drug-likeness (QED) is 0.112. The molecule has 2 rings (SSSR count). The summed E-state index contributed by atoms with van der Waals surface area (Å²) >= 11 is 0. The number of carbonyl (C=O) groups is 3. The summed E-state index contributed by atoms with van der Waals surface area (Å²) in [5.74, 6) is -2.61. The number of ether oxygens (including phenoxy) is 5. The summed E-state index contributed by atoms with van der Waals surface area (Å²) < 4.78 is 50.8. The highest BCUT2D eigenvalue weighted by Crippen LogP contribution is 2.31. The Hall–Kier alpha value is -3.10. The molecule has 0 aromatic heterocycles. The van der Waals surface area contributed by atoms with E-state index < -0.39 is 58.5 Å². The largest absolute Gasteiger partial charge is 0.479 e. The number of aliphatic hydroxyl groups excluding tert-OH is 3. The number of hydrogen-bond acceptors (Lipinski definition) is 14. The maximum absolute atomic E-state index is 13.0. The number of sulfone groups is 1. The first-order valence-corrected chi connectivity index (χ1v) is 18.1. The standard InChI is InChI=1S/C32H53N3O14S/c1-31(2,3)19-35(11-15-50(7,43)44)30(42)47-17-20-8-9-22(48-29-26(39)24(37)25(38)27(49-29)28(40)41)21(16-20)34-23(36)18-46-14-13-45-12-10-33-32(4,5)6/h8-9,16,24-27,29,33,37-39H,10-15,17-19H2,1-7H3,(H,34,36)(H,40,41)/t24-,25-,26+,27-,29+/m0/s1. The van der Waals surface area contributed by atoms with Gasteiger partial charge in [0.1, 0.15) is 47.1 Å². The number of anilines is 1. The molecular formula is C32H53N3O14S. The van der Waals surface area contributed by atoms with Crippen molar-refractivity contribution in [2.75, 3.05) is 63.4 Å². The topological polar surface area (TPSA) is 240 Å². The van der Waals surface area contributed by atoms with Crippen molar-refractivity contribution in [3.05, 3.63) is 23.8 Å². The predicted molar refractivity (Wildman–Crippen MR) is 180 cm³/mol. The number of amides is 2. The van der Waals surface area contributed by atoms with E-state index >= 15 is 0 Å². The van der Waals surface area contributed by atoms with Crippen LogP contribution in [0.1, 0.15) is 47.1 Å². The Kier molecular flexibility index (Phi) is 16.3. The summed E-state index contributed by atoms with van der Waals surface area (Å²) in [4.78, 5) is 38.7. The molecule has 18 heteroatoms. The molecule has 1 aliphatic rings. The maximum Gasteiger partial charge on any atom is 0.410 e. The number of carboxylic acid groups (broad SMARTS) is 1. The van der Waals surface area contributed by atoms with Crippen molar-refractivity contribution in [1.82, 2.24) is 10.2 Å². The van der Waals surface area contributed by atoms with E-state index in [1.807, 2.05) is 41.5 Å². The van der Waals surface area contributed by atoms with Crippen molar-refractivity contribution in [2.45, 2.75) is 84.4 Å². The highest BCUT2D eigenvalue weighted by molar-refractivity contribution is 7.90. The summed E-state index contributed by atoms with van der Waals surface area (Å²) in [5.41, 5.74) is -0.0584. The number of carbonyl (C=O) groups excluding carboxylic acids is 2. The second-order valence-corrected chi connectivity index (χ2v) is 16.5. The molecular weight excluding hydrogens is 682 g/mol. The Bertz CT molecular complexity index is 1380. The predicted octanol–water partition coefficient (Wildman–Crippen LogP) is 0.347. The van der Waals surface area contributed by atoms with Gasteiger partial charge in [0.2, 0.25) is 12.2 Å². The zero-order valence-electron chi connectivity index (χ0n) is 29.7. The van der Waals surface area contributed by atoms with Crippen LogP contribution in [0.2, 0.25) is 0 Å². The van der Waals surface area contributed by atoms with Crippen LogP contribution >= 0.6 is 0 Å². The molecule has 1 fully saturated rings.